The number of aryl methyl sites for hydroxylation is 1. The summed E-state index contributed by atoms with van der Waals surface area (Å²) in [5, 5.41) is 21.5. The fourth-order valence-electron chi connectivity index (χ4n) is 5.11. The summed E-state index contributed by atoms with van der Waals surface area (Å²) in [6.07, 6.45) is 0.811. The van der Waals surface area contributed by atoms with Crippen molar-refractivity contribution in [3.05, 3.63) is 83.6 Å². The molecule has 0 amide bonds. The van der Waals surface area contributed by atoms with Gasteiger partial charge in [-0.2, -0.15) is 5.10 Å². The molecule has 44 heavy (non-hydrogen) atoms. The van der Waals surface area contributed by atoms with Crippen molar-refractivity contribution in [2.75, 3.05) is 63.6 Å². The molecule has 1 aliphatic rings. The number of aliphatic hydroxyl groups is 1. The lowest BCUT2D eigenvalue weighted by molar-refractivity contribution is 0.229. The highest BCUT2D eigenvalue weighted by molar-refractivity contribution is 7.99. The Labute approximate surface area is 269 Å². The third-order valence-electron chi connectivity index (χ3n) is 7.56. The topological polar surface area (TPSA) is 96.4 Å². The van der Waals surface area contributed by atoms with Crippen LogP contribution in [0.15, 0.2) is 76.1 Å². The van der Waals surface area contributed by atoms with Gasteiger partial charge in [0.1, 0.15) is 17.4 Å². The number of anilines is 3. The number of aromatic nitrogens is 4. The number of nitrogens with zero attached hydrogens (tertiary/aromatic N) is 6. The quantitative estimate of drug-likeness (QED) is 0.0867. The van der Waals surface area contributed by atoms with Crippen LogP contribution in [-0.2, 0) is 12.2 Å². The van der Waals surface area contributed by atoms with Gasteiger partial charge < -0.3 is 20.2 Å². The van der Waals surface area contributed by atoms with E-state index in [-0.39, 0.29) is 5.76 Å². The lowest BCUT2D eigenvalue weighted by atomic mass is 10.1. The van der Waals surface area contributed by atoms with Gasteiger partial charge in [0, 0.05) is 77.7 Å². The zero-order chi connectivity index (χ0) is 31.1. The fraction of sp³-hybridized carbons (Fsp3) is 0.364. The Balaban J connectivity index is 1.34. The first-order valence-electron chi connectivity index (χ1n) is 15.0. The Kier molecular flexibility index (Phi) is 10.9. The number of aromatic amines is 1. The molecular weight excluding hydrogens is 589 g/mol. The van der Waals surface area contributed by atoms with E-state index in [1.54, 1.807) is 23.5 Å². The summed E-state index contributed by atoms with van der Waals surface area (Å²) in [5.74, 6) is 3.40. The van der Waals surface area contributed by atoms with Gasteiger partial charge in [-0.25, -0.2) is 9.97 Å². The second-order valence-electron chi connectivity index (χ2n) is 11.2. The van der Waals surface area contributed by atoms with E-state index in [2.05, 4.69) is 82.1 Å². The maximum atomic E-state index is 9.93. The molecule has 0 spiro atoms. The molecule has 0 atom stereocenters. The summed E-state index contributed by atoms with van der Waals surface area (Å²) in [7, 11) is 4.25. The van der Waals surface area contributed by atoms with Crippen LogP contribution in [0.2, 0.25) is 0 Å². The van der Waals surface area contributed by atoms with Crippen LogP contribution < -0.4 is 10.2 Å². The van der Waals surface area contributed by atoms with Gasteiger partial charge in [0.2, 0.25) is 0 Å². The molecule has 9 nitrogen and oxygen atoms in total. The van der Waals surface area contributed by atoms with Gasteiger partial charge >= 0.3 is 0 Å². The van der Waals surface area contributed by atoms with E-state index in [0.717, 1.165) is 101 Å². The van der Waals surface area contributed by atoms with E-state index >= 15 is 0 Å². The molecule has 2 aromatic heterocycles. The second-order valence-corrected chi connectivity index (χ2v) is 13.3. The van der Waals surface area contributed by atoms with E-state index in [1.807, 2.05) is 37.3 Å². The largest absolute Gasteiger partial charge is 0.508 e. The minimum absolute atomic E-state index is 0.101. The molecule has 5 rings (SSSR count). The van der Waals surface area contributed by atoms with Crippen molar-refractivity contribution in [3.8, 4) is 0 Å². The molecular formula is C33H42N8OS2. The lowest BCUT2D eigenvalue weighted by Gasteiger charge is -2.37. The molecule has 0 bridgehead atoms. The number of piperazine rings is 1. The van der Waals surface area contributed by atoms with Crippen LogP contribution >= 0.6 is 23.5 Å². The van der Waals surface area contributed by atoms with Gasteiger partial charge in [-0.3, -0.25) is 10.00 Å². The Morgan fingerprint density at radius 2 is 1.77 bits per heavy atom. The summed E-state index contributed by atoms with van der Waals surface area (Å²) in [5.41, 5.74) is 3.95. The van der Waals surface area contributed by atoms with Crippen LogP contribution in [0, 0.1) is 6.92 Å². The molecule has 232 valence electrons. The van der Waals surface area contributed by atoms with E-state index in [1.165, 1.54) is 0 Å². The van der Waals surface area contributed by atoms with E-state index < -0.39 is 0 Å². The van der Waals surface area contributed by atoms with Crippen LogP contribution in [0.25, 0.3) is 5.76 Å². The first kappa shape index (κ1) is 31.9. The first-order chi connectivity index (χ1) is 21.3. The van der Waals surface area contributed by atoms with Gasteiger partial charge in [0.05, 0.1) is 0 Å². The molecule has 4 aromatic rings. The number of H-pyrrole nitrogens is 1. The van der Waals surface area contributed by atoms with Gasteiger partial charge in [-0.1, -0.05) is 37.8 Å². The molecule has 3 heterocycles. The zero-order valence-corrected chi connectivity index (χ0v) is 27.6. The molecule has 11 heteroatoms. The van der Waals surface area contributed by atoms with Crippen molar-refractivity contribution in [1.29, 1.82) is 0 Å². The molecule has 1 aliphatic heterocycles. The third kappa shape index (κ3) is 8.35. The number of benzene rings is 2. The number of nitrogens with one attached hydrogen (secondary N) is 2. The summed E-state index contributed by atoms with van der Waals surface area (Å²) in [6.45, 7) is 13.9. The Morgan fingerprint density at radius 1 is 1.05 bits per heavy atom. The number of hydrogen-bond donors (Lipinski definition) is 3. The van der Waals surface area contributed by atoms with Crippen LogP contribution in [0.5, 0.6) is 0 Å². The highest BCUT2D eigenvalue weighted by Gasteiger charge is 2.24. The van der Waals surface area contributed by atoms with Gasteiger partial charge in [-0.15, -0.1) is 11.8 Å². The number of likely N-dealkylation sites (N-methyl/N-ethyl adjacent to an activating group) is 1. The maximum Gasteiger partial charge on any atom is 0.196 e. The summed E-state index contributed by atoms with van der Waals surface area (Å²) in [6, 6.07) is 18.3. The molecule has 0 radical (unpaired) electrons. The highest BCUT2D eigenvalue weighted by atomic mass is 32.2. The molecule has 1 saturated heterocycles. The fourth-order valence-corrected chi connectivity index (χ4v) is 6.77. The molecule has 2 aromatic carbocycles. The van der Waals surface area contributed by atoms with Crippen molar-refractivity contribution in [2.24, 2.45) is 0 Å². The number of rotatable bonds is 13. The highest BCUT2D eigenvalue weighted by Crippen LogP contribution is 2.35. The van der Waals surface area contributed by atoms with Crippen molar-refractivity contribution in [3.63, 3.8) is 0 Å². The monoisotopic (exact) mass is 630 g/mol. The van der Waals surface area contributed by atoms with Gasteiger partial charge in [0.25, 0.3) is 0 Å². The third-order valence-corrected chi connectivity index (χ3v) is 9.50. The summed E-state index contributed by atoms with van der Waals surface area (Å²) in [4.78, 5) is 19.5. The van der Waals surface area contributed by atoms with Crippen LogP contribution in [-0.4, -0.2) is 88.4 Å². The Hall–Kier alpha value is -3.51. The second kappa shape index (κ2) is 15.0. The van der Waals surface area contributed by atoms with E-state index in [4.69, 9.17) is 9.97 Å². The van der Waals surface area contributed by atoms with Crippen LogP contribution in [0.3, 0.4) is 0 Å². The lowest BCUT2D eigenvalue weighted by Crippen LogP contribution is -2.48. The normalized spacial score (nSPS) is 13.9. The zero-order valence-electron chi connectivity index (χ0n) is 26.0. The van der Waals surface area contributed by atoms with Crippen molar-refractivity contribution in [2.45, 2.75) is 41.0 Å². The molecule has 0 saturated carbocycles. The minimum Gasteiger partial charge on any atom is -0.508 e. The van der Waals surface area contributed by atoms with Gasteiger partial charge in [-0.05, 0) is 69.0 Å². The Bertz CT molecular complexity index is 1550. The Morgan fingerprint density at radius 3 is 2.43 bits per heavy atom. The minimum atomic E-state index is 0.101. The average molecular weight is 631 g/mol. The van der Waals surface area contributed by atoms with Gasteiger partial charge in [0.15, 0.2) is 11.0 Å². The average Bonchev–Trinajstić information content (AvgIpc) is 3.44. The smallest absolute Gasteiger partial charge is 0.196 e. The summed E-state index contributed by atoms with van der Waals surface area (Å²) < 4.78 is 0. The molecule has 0 unspecified atom stereocenters. The maximum absolute atomic E-state index is 9.93. The van der Waals surface area contributed by atoms with E-state index in [9.17, 15) is 5.11 Å². The van der Waals surface area contributed by atoms with Crippen molar-refractivity contribution >= 4 is 46.7 Å². The number of aliphatic hydroxyl groups excluding tert-OH is 1. The predicted molar refractivity (Wildman–Crippen MR) is 183 cm³/mol. The first-order valence-corrected chi connectivity index (χ1v) is 16.8. The van der Waals surface area contributed by atoms with Crippen LogP contribution in [0.1, 0.15) is 29.3 Å². The molecule has 1 fully saturated rings. The standard InChI is InChI=1S/C33H42N8OS2/c1-6-28-31(34-30-21-23(2)37-38-30)35-33(36-32(28)41-19-17-40(18-20-41)16-15-39(4)5)44-27-13-11-26(12-14-27)43-22-25-9-7-8-10-29(25)24(3)42/h7-14,21,42H,3,6,15-20,22H2,1-2,4-5H3,(H2,34,35,36,37,38). The number of thioether (sulfide) groups is 1. The van der Waals surface area contributed by atoms with E-state index in [0.29, 0.717) is 5.16 Å². The van der Waals surface area contributed by atoms with Crippen molar-refractivity contribution < 1.29 is 5.11 Å². The summed E-state index contributed by atoms with van der Waals surface area (Å²) >= 11 is 3.30. The number of hydrogen-bond acceptors (Lipinski definition) is 10. The predicted octanol–water partition coefficient (Wildman–Crippen LogP) is 6.47. The molecule has 3 N–H and O–H groups in total. The SMILES string of the molecule is C=C(O)c1ccccc1CSc1ccc(Sc2nc(Nc3cc(C)[nH]n3)c(CC)c(N3CCN(CCN(C)C)CC3)n2)cc1. The molecule has 0 aliphatic carbocycles. The van der Waals surface area contributed by atoms with Crippen LogP contribution in [0.4, 0.5) is 17.5 Å². The van der Waals surface area contributed by atoms with Crippen molar-refractivity contribution in [1.82, 2.24) is 30.0 Å².